The van der Waals surface area contributed by atoms with Gasteiger partial charge in [-0.15, -0.1) is 11.6 Å². The fraction of sp³-hybridized carbons (Fsp3) is 0.250. The Morgan fingerprint density at radius 3 is 2.55 bits per heavy atom. The molecular weight excluding hydrogens is 181 g/mol. The Morgan fingerprint density at radius 1 is 1.45 bits per heavy atom. The molecule has 0 bridgehead atoms. The van der Waals surface area contributed by atoms with Crippen LogP contribution in [0.5, 0.6) is 0 Å². The van der Waals surface area contributed by atoms with Gasteiger partial charge < -0.3 is 5.73 Å². The summed E-state index contributed by atoms with van der Waals surface area (Å²) in [6.07, 6.45) is 0. The first-order valence-corrected chi connectivity index (χ1v) is 4.12. The first-order valence-electron chi connectivity index (χ1n) is 3.31. The van der Waals surface area contributed by atoms with E-state index in [2.05, 4.69) is 0 Å². The number of anilines is 1. The molecule has 1 unspecified atom stereocenters. The highest BCUT2D eigenvalue weighted by Crippen LogP contribution is 2.30. The predicted octanol–water partition coefficient (Wildman–Crippen LogP) is 3.22. The van der Waals surface area contributed by atoms with Crippen molar-refractivity contribution in [2.75, 3.05) is 5.73 Å². The quantitative estimate of drug-likeness (QED) is 0.533. The number of halogens is 2. The van der Waals surface area contributed by atoms with Crippen LogP contribution in [0.15, 0.2) is 18.2 Å². The van der Waals surface area contributed by atoms with Crippen molar-refractivity contribution in [1.82, 2.24) is 0 Å². The third-order valence-electron chi connectivity index (χ3n) is 1.52. The second-order valence-electron chi connectivity index (χ2n) is 2.36. The van der Waals surface area contributed by atoms with Gasteiger partial charge in [0.25, 0.3) is 0 Å². The van der Waals surface area contributed by atoms with Crippen molar-refractivity contribution in [2.45, 2.75) is 12.3 Å². The maximum absolute atomic E-state index is 5.84. The number of alkyl halides is 1. The molecule has 1 aromatic carbocycles. The summed E-state index contributed by atoms with van der Waals surface area (Å²) in [5.74, 6) is 0. The Balaban J connectivity index is 3.17. The van der Waals surface area contributed by atoms with Crippen molar-refractivity contribution in [2.24, 2.45) is 0 Å². The van der Waals surface area contributed by atoms with E-state index in [1.54, 1.807) is 6.07 Å². The lowest BCUT2D eigenvalue weighted by Gasteiger charge is -2.07. The van der Waals surface area contributed by atoms with E-state index >= 15 is 0 Å². The highest BCUT2D eigenvalue weighted by Gasteiger charge is 2.06. The molecule has 1 atom stereocenters. The topological polar surface area (TPSA) is 26.0 Å². The number of para-hydroxylation sites is 1. The van der Waals surface area contributed by atoms with E-state index in [1.165, 1.54) is 0 Å². The standard InChI is InChI=1S/C8H9Cl2N/c1-5(9)6-3-2-4-7(10)8(6)11/h2-5H,11H2,1H3. The van der Waals surface area contributed by atoms with Crippen LogP contribution in [0.4, 0.5) is 5.69 Å². The van der Waals surface area contributed by atoms with E-state index in [-0.39, 0.29) is 5.38 Å². The molecular formula is C8H9Cl2N. The fourth-order valence-corrected chi connectivity index (χ4v) is 1.27. The number of benzene rings is 1. The second-order valence-corrected chi connectivity index (χ2v) is 3.42. The first-order chi connectivity index (χ1) is 5.13. The van der Waals surface area contributed by atoms with Crippen molar-refractivity contribution in [3.05, 3.63) is 28.8 Å². The number of nitrogens with two attached hydrogens (primary N) is 1. The van der Waals surface area contributed by atoms with Gasteiger partial charge in [-0.05, 0) is 18.6 Å². The SMILES string of the molecule is CC(Cl)c1cccc(Cl)c1N. The summed E-state index contributed by atoms with van der Waals surface area (Å²) in [4.78, 5) is 0. The molecule has 0 radical (unpaired) electrons. The second kappa shape index (κ2) is 3.33. The molecule has 60 valence electrons. The van der Waals surface area contributed by atoms with E-state index in [4.69, 9.17) is 28.9 Å². The molecule has 1 rings (SSSR count). The van der Waals surface area contributed by atoms with Gasteiger partial charge in [0.2, 0.25) is 0 Å². The minimum atomic E-state index is -0.0892. The van der Waals surface area contributed by atoms with Gasteiger partial charge in [-0.1, -0.05) is 23.7 Å². The van der Waals surface area contributed by atoms with Crippen LogP contribution in [0.25, 0.3) is 0 Å². The van der Waals surface area contributed by atoms with E-state index in [0.717, 1.165) is 5.56 Å². The monoisotopic (exact) mass is 189 g/mol. The number of rotatable bonds is 1. The van der Waals surface area contributed by atoms with Crippen LogP contribution in [0.2, 0.25) is 5.02 Å². The van der Waals surface area contributed by atoms with Gasteiger partial charge in [-0.3, -0.25) is 0 Å². The van der Waals surface area contributed by atoms with Crippen LogP contribution in [-0.4, -0.2) is 0 Å². The van der Waals surface area contributed by atoms with Gasteiger partial charge in [0.05, 0.1) is 16.1 Å². The zero-order chi connectivity index (χ0) is 8.43. The number of nitrogen functional groups attached to an aromatic ring is 1. The molecule has 0 aromatic heterocycles. The van der Waals surface area contributed by atoms with E-state index in [1.807, 2.05) is 19.1 Å². The molecule has 0 fully saturated rings. The molecule has 11 heavy (non-hydrogen) atoms. The first kappa shape index (κ1) is 8.69. The summed E-state index contributed by atoms with van der Waals surface area (Å²) in [6, 6.07) is 5.46. The molecule has 0 aliphatic heterocycles. The number of hydrogen-bond acceptors (Lipinski definition) is 1. The summed E-state index contributed by atoms with van der Waals surface area (Å²) in [7, 11) is 0. The Bertz CT molecular complexity index is 258. The van der Waals surface area contributed by atoms with Gasteiger partial charge in [0.15, 0.2) is 0 Å². The molecule has 1 nitrogen and oxygen atoms in total. The predicted molar refractivity (Wildman–Crippen MR) is 50.1 cm³/mol. The average Bonchev–Trinajstić information content (AvgIpc) is 1.94. The average molecular weight is 190 g/mol. The minimum Gasteiger partial charge on any atom is -0.397 e. The maximum atomic E-state index is 5.84. The van der Waals surface area contributed by atoms with Gasteiger partial charge in [0, 0.05) is 0 Å². The van der Waals surface area contributed by atoms with Crippen LogP contribution in [0.1, 0.15) is 17.9 Å². The molecule has 2 N–H and O–H groups in total. The summed E-state index contributed by atoms with van der Waals surface area (Å²) in [5.41, 5.74) is 7.14. The van der Waals surface area contributed by atoms with Crippen LogP contribution < -0.4 is 5.73 Å². The highest BCUT2D eigenvalue weighted by molar-refractivity contribution is 6.33. The van der Waals surface area contributed by atoms with Crippen LogP contribution in [-0.2, 0) is 0 Å². The molecule has 0 aliphatic rings. The van der Waals surface area contributed by atoms with Gasteiger partial charge in [-0.25, -0.2) is 0 Å². The van der Waals surface area contributed by atoms with E-state index in [0.29, 0.717) is 10.7 Å². The lowest BCUT2D eigenvalue weighted by molar-refractivity contribution is 1.09. The zero-order valence-electron chi connectivity index (χ0n) is 6.14. The lowest BCUT2D eigenvalue weighted by Crippen LogP contribution is -1.94. The van der Waals surface area contributed by atoms with E-state index < -0.39 is 0 Å². The minimum absolute atomic E-state index is 0.0892. The van der Waals surface area contributed by atoms with Crippen molar-refractivity contribution in [3.8, 4) is 0 Å². The van der Waals surface area contributed by atoms with Crippen molar-refractivity contribution in [3.63, 3.8) is 0 Å². The Morgan fingerprint density at radius 2 is 2.09 bits per heavy atom. The summed E-state index contributed by atoms with van der Waals surface area (Å²) < 4.78 is 0. The Hall–Kier alpha value is -0.400. The van der Waals surface area contributed by atoms with Crippen molar-refractivity contribution >= 4 is 28.9 Å². The Kier molecular flexibility index (Phi) is 2.63. The van der Waals surface area contributed by atoms with Crippen LogP contribution in [0, 0.1) is 0 Å². The highest BCUT2D eigenvalue weighted by atomic mass is 35.5. The van der Waals surface area contributed by atoms with Crippen molar-refractivity contribution in [1.29, 1.82) is 0 Å². The molecule has 0 saturated heterocycles. The van der Waals surface area contributed by atoms with Gasteiger partial charge in [0.1, 0.15) is 0 Å². The Labute approximate surface area is 76.1 Å². The maximum Gasteiger partial charge on any atom is 0.0638 e. The van der Waals surface area contributed by atoms with Gasteiger partial charge >= 0.3 is 0 Å². The van der Waals surface area contributed by atoms with Crippen LogP contribution in [0.3, 0.4) is 0 Å². The lowest BCUT2D eigenvalue weighted by atomic mass is 10.1. The molecule has 0 aliphatic carbocycles. The molecule has 3 heteroatoms. The molecule has 0 heterocycles. The van der Waals surface area contributed by atoms with Crippen molar-refractivity contribution < 1.29 is 0 Å². The summed E-state index contributed by atoms with van der Waals surface area (Å²) in [5, 5.41) is 0.476. The zero-order valence-corrected chi connectivity index (χ0v) is 7.65. The van der Waals surface area contributed by atoms with Crippen LogP contribution >= 0.6 is 23.2 Å². The van der Waals surface area contributed by atoms with Gasteiger partial charge in [-0.2, -0.15) is 0 Å². The third-order valence-corrected chi connectivity index (χ3v) is 2.08. The normalized spacial score (nSPS) is 13.0. The molecule has 0 spiro atoms. The number of hydrogen-bond donors (Lipinski definition) is 1. The summed E-state index contributed by atoms with van der Waals surface area (Å²) >= 11 is 11.6. The molecule has 0 saturated carbocycles. The smallest absolute Gasteiger partial charge is 0.0638 e. The third kappa shape index (κ3) is 1.79. The molecule has 0 amide bonds. The largest absolute Gasteiger partial charge is 0.397 e. The van der Waals surface area contributed by atoms with E-state index in [9.17, 15) is 0 Å². The molecule has 1 aromatic rings. The fourth-order valence-electron chi connectivity index (χ4n) is 0.901. The summed E-state index contributed by atoms with van der Waals surface area (Å²) in [6.45, 7) is 1.86.